The van der Waals surface area contributed by atoms with Gasteiger partial charge in [0, 0.05) is 6.20 Å². The molecule has 0 radical (unpaired) electrons. The van der Waals surface area contributed by atoms with E-state index in [4.69, 9.17) is 0 Å². The van der Waals surface area contributed by atoms with Crippen molar-refractivity contribution in [1.82, 2.24) is 29.4 Å². The van der Waals surface area contributed by atoms with Crippen LogP contribution in [0.2, 0.25) is 0 Å². The van der Waals surface area contributed by atoms with Crippen molar-refractivity contribution in [2.45, 2.75) is 6.92 Å². The molecule has 0 bridgehead atoms. The summed E-state index contributed by atoms with van der Waals surface area (Å²) < 4.78 is 16.1. The third-order valence-corrected chi connectivity index (χ3v) is 3.30. The molecular weight excluding hydrogens is 287 g/mol. The summed E-state index contributed by atoms with van der Waals surface area (Å²) in [6.45, 7) is 1.73. The number of aryl methyl sites for hydroxylation is 1. The number of halogens is 1. The quantitative estimate of drug-likeness (QED) is 0.528. The number of nitrogens with zero attached hydrogens (tertiary/aromatic N) is 6. The van der Waals surface area contributed by atoms with Crippen molar-refractivity contribution < 1.29 is 4.39 Å². The lowest BCUT2D eigenvalue weighted by Crippen LogP contribution is -2.20. The Hall–Kier alpha value is -3.16. The van der Waals surface area contributed by atoms with Crippen LogP contribution in [0, 0.1) is 12.7 Å². The molecule has 0 aliphatic rings. The Morgan fingerprint density at radius 3 is 2.86 bits per heavy atom. The molecular formula is C14H9FN6O. The van der Waals surface area contributed by atoms with Crippen LogP contribution >= 0.6 is 0 Å². The SMILES string of the molecule is Cc1nc2nnc3c(=O)n(-c4cccc(F)c4)ccc3n2n1. The fraction of sp³-hybridized carbons (Fsp3) is 0.0714. The van der Waals surface area contributed by atoms with Crippen LogP contribution in [0.3, 0.4) is 0 Å². The molecule has 0 saturated carbocycles. The van der Waals surface area contributed by atoms with Crippen molar-refractivity contribution in [2.24, 2.45) is 0 Å². The van der Waals surface area contributed by atoms with Crippen LogP contribution in [0.4, 0.5) is 4.39 Å². The molecule has 108 valence electrons. The zero-order valence-electron chi connectivity index (χ0n) is 11.4. The van der Waals surface area contributed by atoms with E-state index >= 15 is 0 Å². The van der Waals surface area contributed by atoms with Crippen LogP contribution in [0.5, 0.6) is 0 Å². The highest BCUT2D eigenvalue weighted by Crippen LogP contribution is 2.12. The Kier molecular flexibility index (Phi) is 2.52. The van der Waals surface area contributed by atoms with E-state index in [-0.39, 0.29) is 5.52 Å². The van der Waals surface area contributed by atoms with Gasteiger partial charge in [-0.1, -0.05) is 6.07 Å². The fourth-order valence-corrected chi connectivity index (χ4v) is 2.33. The van der Waals surface area contributed by atoms with Crippen molar-refractivity contribution in [3.05, 3.63) is 58.5 Å². The van der Waals surface area contributed by atoms with Gasteiger partial charge < -0.3 is 0 Å². The first-order chi connectivity index (χ1) is 10.6. The lowest BCUT2D eigenvalue weighted by atomic mass is 10.3. The Morgan fingerprint density at radius 1 is 1.18 bits per heavy atom. The van der Waals surface area contributed by atoms with Crippen molar-refractivity contribution in [1.29, 1.82) is 0 Å². The van der Waals surface area contributed by atoms with Gasteiger partial charge in [0.1, 0.15) is 17.2 Å². The van der Waals surface area contributed by atoms with Gasteiger partial charge in [-0.05, 0) is 31.2 Å². The lowest BCUT2D eigenvalue weighted by Gasteiger charge is -2.06. The minimum atomic E-state index is -0.419. The zero-order chi connectivity index (χ0) is 15.3. The van der Waals surface area contributed by atoms with E-state index in [0.717, 1.165) is 0 Å². The second kappa shape index (κ2) is 4.42. The Labute approximate surface area is 122 Å². The number of pyridine rings is 1. The average Bonchev–Trinajstić information content (AvgIpc) is 2.88. The number of fused-ring (bicyclic) bond motifs is 3. The first-order valence-electron chi connectivity index (χ1n) is 6.51. The molecule has 3 heterocycles. The minimum absolute atomic E-state index is 0.143. The number of aromatic nitrogens is 6. The Morgan fingerprint density at radius 2 is 2.05 bits per heavy atom. The summed E-state index contributed by atoms with van der Waals surface area (Å²) in [4.78, 5) is 16.7. The number of benzene rings is 1. The van der Waals surface area contributed by atoms with E-state index in [9.17, 15) is 9.18 Å². The normalized spacial score (nSPS) is 11.4. The van der Waals surface area contributed by atoms with Gasteiger partial charge in [0.2, 0.25) is 0 Å². The third kappa shape index (κ3) is 1.77. The second-order valence-electron chi connectivity index (χ2n) is 4.78. The maximum Gasteiger partial charge on any atom is 0.285 e. The molecule has 0 aliphatic heterocycles. The first kappa shape index (κ1) is 12.6. The monoisotopic (exact) mass is 296 g/mol. The summed E-state index contributed by atoms with van der Waals surface area (Å²) in [6, 6.07) is 7.45. The Bertz CT molecular complexity index is 1080. The second-order valence-corrected chi connectivity index (χ2v) is 4.78. The summed E-state index contributed by atoms with van der Waals surface area (Å²) in [6.07, 6.45) is 1.55. The minimum Gasteiger partial charge on any atom is -0.282 e. The van der Waals surface area contributed by atoms with Crippen molar-refractivity contribution in [2.75, 3.05) is 0 Å². The molecule has 0 aliphatic carbocycles. The van der Waals surface area contributed by atoms with Crippen LogP contribution in [0.1, 0.15) is 5.82 Å². The molecule has 0 unspecified atom stereocenters. The smallest absolute Gasteiger partial charge is 0.282 e. The molecule has 4 aromatic rings. The van der Waals surface area contributed by atoms with Crippen LogP contribution in [-0.2, 0) is 0 Å². The van der Waals surface area contributed by atoms with Gasteiger partial charge in [-0.3, -0.25) is 9.36 Å². The third-order valence-electron chi connectivity index (χ3n) is 3.30. The Balaban J connectivity index is 2.06. The van der Waals surface area contributed by atoms with Crippen LogP contribution in [0.15, 0.2) is 41.3 Å². The summed E-state index contributed by atoms with van der Waals surface area (Å²) in [5, 5.41) is 12.0. The van der Waals surface area contributed by atoms with E-state index in [1.807, 2.05) is 0 Å². The first-order valence-corrected chi connectivity index (χ1v) is 6.51. The summed E-state index contributed by atoms with van der Waals surface area (Å²) in [7, 11) is 0. The molecule has 0 saturated heterocycles. The van der Waals surface area contributed by atoms with Gasteiger partial charge in [-0.25, -0.2) is 4.39 Å². The van der Waals surface area contributed by atoms with E-state index < -0.39 is 11.4 Å². The van der Waals surface area contributed by atoms with Crippen molar-refractivity contribution in [3.8, 4) is 5.69 Å². The van der Waals surface area contributed by atoms with Gasteiger partial charge in [0.05, 0.1) is 5.69 Å². The van der Waals surface area contributed by atoms with Crippen LogP contribution in [0.25, 0.3) is 22.5 Å². The molecule has 0 N–H and O–H groups in total. The van der Waals surface area contributed by atoms with E-state index in [0.29, 0.717) is 22.8 Å². The predicted molar refractivity (Wildman–Crippen MR) is 76.4 cm³/mol. The molecule has 7 nitrogen and oxygen atoms in total. The topological polar surface area (TPSA) is 78.0 Å². The predicted octanol–water partition coefficient (Wildman–Crippen LogP) is 1.27. The molecule has 1 aromatic carbocycles. The molecule has 0 atom stereocenters. The molecule has 3 aromatic heterocycles. The molecule has 8 heteroatoms. The number of rotatable bonds is 1. The molecule has 0 spiro atoms. The fourth-order valence-electron chi connectivity index (χ4n) is 2.33. The maximum atomic E-state index is 13.3. The maximum absolute atomic E-state index is 13.3. The largest absolute Gasteiger partial charge is 0.285 e. The van der Waals surface area contributed by atoms with Gasteiger partial charge in [-0.2, -0.15) is 9.50 Å². The van der Waals surface area contributed by atoms with E-state index in [2.05, 4.69) is 20.3 Å². The van der Waals surface area contributed by atoms with Crippen molar-refractivity contribution in [3.63, 3.8) is 0 Å². The highest BCUT2D eigenvalue weighted by molar-refractivity contribution is 5.74. The summed E-state index contributed by atoms with van der Waals surface area (Å²) in [5.74, 6) is 0.446. The molecule has 4 rings (SSSR count). The molecule has 0 fully saturated rings. The molecule has 22 heavy (non-hydrogen) atoms. The van der Waals surface area contributed by atoms with E-state index in [1.165, 1.54) is 27.3 Å². The van der Waals surface area contributed by atoms with Gasteiger partial charge >= 0.3 is 0 Å². The zero-order valence-corrected chi connectivity index (χ0v) is 11.4. The standard InChI is InChI=1S/C14H9FN6O/c1-8-16-14-18-17-12-11(21(14)19-8)5-6-20(13(12)22)10-4-2-3-9(15)7-10/h2-7H,1H3. The van der Waals surface area contributed by atoms with Crippen molar-refractivity contribution >= 4 is 16.8 Å². The molecule has 0 amide bonds. The van der Waals surface area contributed by atoms with Crippen LogP contribution in [-0.4, -0.2) is 29.4 Å². The number of hydrogen-bond donors (Lipinski definition) is 0. The number of hydrogen-bond acceptors (Lipinski definition) is 5. The van der Waals surface area contributed by atoms with Gasteiger partial charge in [0.15, 0.2) is 5.52 Å². The van der Waals surface area contributed by atoms with Crippen LogP contribution < -0.4 is 5.56 Å². The van der Waals surface area contributed by atoms with Gasteiger partial charge in [0.25, 0.3) is 11.3 Å². The van der Waals surface area contributed by atoms with Gasteiger partial charge in [-0.15, -0.1) is 15.3 Å². The highest BCUT2D eigenvalue weighted by Gasteiger charge is 2.12. The summed E-state index contributed by atoms with van der Waals surface area (Å²) in [5.41, 5.74) is 0.668. The highest BCUT2D eigenvalue weighted by atomic mass is 19.1. The lowest BCUT2D eigenvalue weighted by molar-refractivity contribution is 0.626. The van der Waals surface area contributed by atoms with E-state index in [1.54, 1.807) is 25.3 Å². The summed E-state index contributed by atoms with van der Waals surface area (Å²) >= 11 is 0. The average molecular weight is 296 g/mol.